The summed E-state index contributed by atoms with van der Waals surface area (Å²) < 4.78 is 5.03. The molecule has 4 heteroatoms. The molecular formula is C15H21NO3. The van der Waals surface area contributed by atoms with Crippen LogP contribution in [0.3, 0.4) is 0 Å². The summed E-state index contributed by atoms with van der Waals surface area (Å²) in [6.45, 7) is 5.36. The van der Waals surface area contributed by atoms with Crippen LogP contribution in [0.1, 0.15) is 31.7 Å². The van der Waals surface area contributed by atoms with Crippen LogP contribution < -0.4 is 5.32 Å². The molecule has 2 N–H and O–H groups in total. The Morgan fingerprint density at radius 2 is 2.05 bits per heavy atom. The van der Waals surface area contributed by atoms with E-state index in [0.717, 1.165) is 12.1 Å². The molecule has 1 fully saturated rings. The van der Waals surface area contributed by atoms with E-state index < -0.39 is 11.4 Å². The highest BCUT2D eigenvalue weighted by molar-refractivity contribution is 5.77. The van der Waals surface area contributed by atoms with Crippen LogP contribution in [0.4, 0.5) is 5.69 Å². The second-order valence-electron chi connectivity index (χ2n) is 5.36. The van der Waals surface area contributed by atoms with E-state index in [4.69, 9.17) is 4.74 Å². The van der Waals surface area contributed by atoms with Gasteiger partial charge in [0, 0.05) is 12.2 Å². The minimum absolute atomic E-state index is 0.292. The van der Waals surface area contributed by atoms with E-state index in [1.54, 1.807) is 0 Å². The zero-order chi connectivity index (χ0) is 13.9. The van der Waals surface area contributed by atoms with Gasteiger partial charge in [0.2, 0.25) is 0 Å². The van der Waals surface area contributed by atoms with Crippen LogP contribution in [0.5, 0.6) is 0 Å². The Hall–Kier alpha value is -1.55. The van der Waals surface area contributed by atoms with E-state index in [2.05, 4.69) is 31.3 Å². The van der Waals surface area contributed by atoms with Crippen LogP contribution in [0.2, 0.25) is 0 Å². The maximum atomic E-state index is 11.2. The fourth-order valence-electron chi connectivity index (χ4n) is 2.09. The lowest BCUT2D eigenvalue weighted by Gasteiger charge is -2.37. The minimum atomic E-state index is -0.789. The highest BCUT2D eigenvalue weighted by atomic mass is 16.5. The molecule has 1 atom stereocenters. The largest absolute Gasteiger partial charge is 0.481 e. The van der Waals surface area contributed by atoms with Crippen molar-refractivity contribution in [2.45, 2.75) is 26.2 Å². The predicted octanol–water partition coefficient (Wildman–Crippen LogP) is 2.71. The molecule has 0 saturated carbocycles. The molecule has 1 aliphatic heterocycles. The van der Waals surface area contributed by atoms with E-state index >= 15 is 0 Å². The maximum Gasteiger partial charge on any atom is 0.316 e. The van der Waals surface area contributed by atoms with Gasteiger partial charge in [-0.05, 0) is 30.0 Å². The average molecular weight is 263 g/mol. The molecule has 0 bridgehead atoms. The highest BCUT2D eigenvalue weighted by Gasteiger charge is 2.46. The van der Waals surface area contributed by atoms with Gasteiger partial charge in [0.15, 0.2) is 0 Å². The van der Waals surface area contributed by atoms with E-state index in [9.17, 15) is 9.90 Å². The van der Waals surface area contributed by atoms with E-state index in [0.29, 0.717) is 25.7 Å². The number of aliphatic carboxylic acids is 1. The number of nitrogens with one attached hydrogen (secondary N) is 1. The van der Waals surface area contributed by atoms with Crippen molar-refractivity contribution in [2.75, 3.05) is 25.1 Å². The van der Waals surface area contributed by atoms with E-state index in [-0.39, 0.29) is 0 Å². The minimum Gasteiger partial charge on any atom is -0.481 e. The van der Waals surface area contributed by atoms with Crippen molar-refractivity contribution in [3.63, 3.8) is 0 Å². The van der Waals surface area contributed by atoms with Crippen molar-refractivity contribution in [3.05, 3.63) is 29.8 Å². The quantitative estimate of drug-likeness (QED) is 0.828. The molecule has 19 heavy (non-hydrogen) atoms. The number of carboxylic acid groups (broad SMARTS) is 1. The van der Waals surface area contributed by atoms with Gasteiger partial charge >= 0.3 is 5.97 Å². The fourth-order valence-corrected chi connectivity index (χ4v) is 2.09. The number of ether oxygens (including phenoxy) is 1. The molecular weight excluding hydrogens is 242 g/mol. The maximum absolute atomic E-state index is 11.2. The van der Waals surface area contributed by atoms with Gasteiger partial charge in [0.05, 0.1) is 13.2 Å². The van der Waals surface area contributed by atoms with Gasteiger partial charge in [0.1, 0.15) is 5.41 Å². The first-order chi connectivity index (χ1) is 9.07. The Morgan fingerprint density at radius 1 is 1.42 bits per heavy atom. The Kier molecular flexibility index (Phi) is 4.10. The zero-order valence-corrected chi connectivity index (χ0v) is 11.5. The topological polar surface area (TPSA) is 58.6 Å². The summed E-state index contributed by atoms with van der Waals surface area (Å²) >= 11 is 0. The standard InChI is InChI=1S/C15H21NO3/c1-3-11(2)12-4-6-13(7-5-12)16-8-15(14(17)18)9-19-10-15/h4-7,11,16H,3,8-10H2,1-2H3,(H,17,18). The van der Waals surface area contributed by atoms with Crippen molar-refractivity contribution in [2.24, 2.45) is 5.41 Å². The Labute approximate surface area is 113 Å². The van der Waals surface area contributed by atoms with Crippen molar-refractivity contribution >= 4 is 11.7 Å². The number of rotatable bonds is 6. The summed E-state index contributed by atoms with van der Waals surface area (Å²) in [5.74, 6) is -0.234. The molecule has 1 saturated heterocycles. The second-order valence-corrected chi connectivity index (χ2v) is 5.36. The van der Waals surface area contributed by atoms with Crippen LogP contribution in [0.15, 0.2) is 24.3 Å². The molecule has 1 aliphatic rings. The third-order valence-electron chi connectivity index (χ3n) is 3.93. The lowest BCUT2D eigenvalue weighted by molar-refractivity contribution is -0.176. The first-order valence-electron chi connectivity index (χ1n) is 6.72. The fraction of sp³-hybridized carbons (Fsp3) is 0.533. The van der Waals surface area contributed by atoms with E-state index in [1.165, 1.54) is 5.56 Å². The summed E-state index contributed by atoms with van der Waals surface area (Å²) in [5.41, 5.74) is 1.52. The second kappa shape index (κ2) is 5.61. The van der Waals surface area contributed by atoms with Crippen LogP contribution >= 0.6 is 0 Å². The molecule has 0 spiro atoms. The van der Waals surface area contributed by atoms with Crippen LogP contribution in [-0.2, 0) is 9.53 Å². The van der Waals surface area contributed by atoms with Gasteiger partial charge in [-0.25, -0.2) is 0 Å². The van der Waals surface area contributed by atoms with Crippen LogP contribution in [-0.4, -0.2) is 30.8 Å². The Balaban J connectivity index is 1.95. The predicted molar refractivity (Wildman–Crippen MR) is 74.5 cm³/mol. The number of hydrogen-bond donors (Lipinski definition) is 2. The summed E-state index contributed by atoms with van der Waals surface area (Å²) in [4.78, 5) is 11.2. The number of anilines is 1. The summed E-state index contributed by atoms with van der Waals surface area (Å²) in [6.07, 6.45) is 1.12. The average Bonchev–Trinajstić information content (AvgIpc) is 2.37. The van der Waals surface area contributed by atoms with Crippen LogP contribution in [0, 0.1) is 5.41 Å². The van der Waals surface area contributed by atoms with Gasteiger partial charge in [-0.3, -0.25) is 4.79 Å². The summed E-state index contributed by atoms with van der Waals surface area (Å²) in [5, 5.41) is 12.4. The molecule has 0 aromatic heterocycles. The van der Waals surface area contributed by atoms with Gasteiger partial charge in [0.25, 0.3) is 0 Å². The molecule has 0 amide bonds. The monoisotopic (exact) mass is 263 g/mol. The lowest BCUT2D eigenvalue weighted by Crippen LogP contribution is -2.53. The van der Waals surface area contributed by atoms with Crippen molar-refractivity contribution < 1.29 is 14.6 Å². The normalized spacial score (nSPS) is 18.4. The molecule has 1 aromatic rings. The van der Waals surface area contributed by atoms with Gasteiger partial charge in [-0.15, -0.1) is 0 Å². The molecule has 2 rings (SSSR count). The van der Waals surface area contributed by atoms with E-state index in [1.807, 2.05) is 12.1 Å². The summed E-state index contributed by atoms with van der Waals surface area (Å²) in [6, 6.07) is 8.22. The zero-order valence-electron chi connectivity index (χ0n) is 11.5. The smallest absolute Gasteiger partial charge is 0.316 e. The molecule has 4 nitrogen and oxygen atoms in total. The molecule has 1 heterocycles. The number of carboxylic acids is 1. The number of hydrogen-bond acceptors (Lipinski definition) is 3. The van der Waals surface area contributed by atoms with Gasteiger partial charge < -0.3 is 15.2 Å². The van der Waals surface area contributed by atoms with Gasteiger partial charge in [-0.1, -0.05) is 26.0 Å². The lowest BCUT2D eigenvalue weighted by atomic mass is 9.86. The highest BCUT2D eigenvalue weighted by Crippen LogP contribution is 2.28. The first kappa shape index (κ1) is 13.9. The molecule has 1 unspecified atom stereocenters. The molecule has 104 valence electrons. The third kappa shape index (κ3) is 2.89. The molecule has 0 aliphatic carbocycles. The Bertz CT molecular complexity index is 437. The Morgan fingerprint density at radius 3 is 2.47 bits per heavy atom. The number of carbonyl (C=O) groups is 1. The van der Waals surface area contributed by atoms with Gasteiger partial charge in [-0.2, -0.15) is 0 Å². The summed E-state index contributed by atoms with van der Waals surface area (Å²) in [7, 11) is 0. The molecule has 0 radical (unpaired) electrons. The number of benzene rings is 1. The van der Waals surface area contributed by atoms with Crippen molar-refractivity contribution in [1.29, 1.82) is 0 Å². The molecule has 1 aromatic carbocycles. The van der Waals surface area contributed by atoms with Crippen LogP contribution in [0.25, 0.3) is 0 Å². The SMILES string of the molecule is CCC(C)c1ccc(NCC2(C(=O)O)COC2)cc1. The first-order valence-corrected chi connectivity index (χ1v) is 6.72. The third-order valence-corrected chi connectivity index (χ3v) is 3.93. The van der Waals surface area contributed by atoms with Crippen molar-refractivity contribution in [1.82, 2.24) is 0 Å². The van der Waals surface area contributed by atoms with Crippen molar-refractivity contribution in [3.8, 4) is 0 Å².